The van der Waals surface area contributed by atoms with Crippen LogP contribution in [0.15, 0.2) is 41.3 Å². The van der Waals surface area contributed by atoms with Gasteiger partial charge in [0, 0.05) is 30.6 Å². The molecule has 0 bridgehead atoms. The molecule has 2 rings (SSSR count). The van der Waals surface area contributed by atoms with E-state index < -0.39 is 20.4 Å². The van der Waals surface area contributed by atoms with Crippen molar-refractivity contribution in [3.8, 4) is 0 Å². The molecule has 0 saturated heterocycles. The van der Waals surface area contributed by atoms with E-state index in [1.807, 2.05) is 0 Å². The minimum absolute atomic E-state index is 0.266. The Kier molecular flexibility index (Phi) is 4.11. The first-order valence-corrected chi connectivity index (χ1v) is 8.32. The largest absolute Gasteiger partial charge is 0.435 e. The molecule has 0 unspecified atom stereocenters. The topological polar surface area (TPSA) is 116 Å². The molecule has 0 amide bonds. The van der Waals surface area contributed by atoms with Crippen LogP contribution in [0.25, 0.3) is 10.8 Å². The van der Waals surface area contributed by atoms with Gasteiger partial charge in [0.1, 0.15) is 15.1 Å². The second-order valence-corrected chi connectivity index (χ2v) is 7.03. The summed E-state index contributed by atoms with van der Waals surface area (Å²) in [4.78, 5) is 1.40. The van der Waals surface area contributed by atoms with Crippen molar-refractivity contribution in [1.29, 1.82) is 0 Å². The van der Waals surface area contributed by atoms with Gasteiger partial charge in [-0.3, -0.25) is 0 Å². The van der Waals surface area contributed by atoms with Crippen molar-refractivity contribution >= 4 is 26.6 Å². The molecule has 0 aliphatic carbocycles. The Morgan fingerprint density at radius 2 is 1.57 bits per heavy atom. The summed E-state index contributed by atoms with van der Waals surface area (Å²) in [5.41, 5.74) is 0.743. The monoisotopic (exact) mass is 333 g/mol. The van der Waals surface area contributed by atoms with Crippen LogP contribution in [0.5, 0.6) is 0 Å². The molecule has 0 saturated carbocycles. The van der Waals surface area contributed by atoms with E-state index in [-0.39, 0.29) is 10.3 Å². The lowest BCUT2D eigenvalue weighted by molar-refractivity contribution is -1.91. The van der Waals surface area contributed by atoms with Crippen molar-refractivity contribution in [3.63, 3.8) is 0 Å². The van der Waals surface area contributed by atoms with Crippen molar-refractivity contribution in [2.75, 3.05) is 19.0 Å². The normalized spacial score (nSPS) is 12.6. The lowest BCUT2D eigenvalue weighted by atomic mass is 10.1. The summed E-state index contributed by atoms with van der Waals surface area (Å²) >= 11 is 0. The van der Waals surface area contributed by atoms with Gasteiger partial charge in [-0.05, 0) is 12.1 Å². The summed E-state index contributed by atoms with van der Waals surface area (Å²) in [6.07, 6.45) is 0. The van der Waals surface area contributed by atoms with E-state index in [1.165, 1.54) is 18.2 Å². The number of fused-ring (bicyclic) bond motifs is 1. The summed E-state index contributed by atoms with van der Waals surface area (Å²) in [6.45, 7) is 0. The Hall–Kier alpha value is -1.42. The lowest BCUT2D eigenvalue weighted by Crippen LogP contribution is -2.61. The average molecular weight is 334 g/mol. The molecule has 21 heavy (non-hydrogen) atoms. The van der Waals surface area contributed by atoms with Crippen LogP contribution in [-0.2, 0) is 13.9 Å². The molecule has 2 aromatic carbocycles. The molecule has 0 fully saturated rings. The standard InChI is InChI=1S/C12H12ClNO6S/c1-14(2)11-7-3-6-10-9(11)5-4-8-12(10)21(18,19)20-13(15,16)17/h3-8H,1-2H3. The van der Waals surface area contributed by atoms with Gasteiger partial charge in [-0.2, -0.15) is 22.4 Å². The van der Waals surface area contributed by atoms with Gasteiger partial charge in [0.05, 0.1) is 0 Å². The highest BCUT2D eigenvalue weighted by Crippen LogP contribution is 2.31. The first-order chi connectivity index (χ1) is 9.62. The number of halogens is 1. The van der Waals surface area contributed by atoms with E-state index in [0.29, 0.717) is 5.39 Å². The molecule has 0 heterocycles. The van der Waals surface area contributed by atoms with Gasteiger partial charge in [-0.1, -0.05) is 24.3 Å². The zero-order valence-electron chi connectivity index (χ0n) is 11.1. The molecule has 0 N–H and O–H groups in total. The molecule has 0 aliphatic rings. The highest BCUT2D eigenvalue weighted by molar-refractivity contribution is 7.86. The lowest BCUT2D eigenvalue weighted by Gasteiger charge is -2.16. The van der Waals surface area contributed by atoms with Crippen LogP contribution in [0.1, 0.15) is 0 Å². The van der Waals surface area contributed by atoms with Gasteiger partial charge >= 0.3 is 10.1 Å². The molecular weight excluding hydrogens is 322 g/mol. The molecule has 114 valence electrons. The van der Waals surface area contributed by atoms with Crippen LogP contribution in [0, 0.1) is 10.2 Å². The Bertz CT molecular complexity index is 769. The molecule has 0 atom stereocenters. The predicted octanol–water partition coefficient (Wildman–Crippen LogP) is -1.49. The smallest absolute Gasteiger partial charge is 0.377 e. The van der Waals surface area contributed by atoms with E-state index in [0.717, 1.165) is 5.69 Å². The van der Waals surface area contributed by atoms with E-state index in [1.54, 1.807) is 37.2 Å². The first-order valence-electron chi connectivity index (χ1n) is 5.68. The van der Waals surface area contributed by atoms with E-state index in [2.05, 4.69) is 3.74 Å². The summed E-state index contributed by atoms with van der Waals surface area (Å²) in [6, 6.07) is 9.22. The van der Waals surface area contributed by atoms with Crippen molar-refractivity contribution < 1.29 is 36.4 Å². The van der Waals surface area contributed by atoms with Crippen LogP contribution in [0.2, 0.25) is 0 Å². The van der Waals surface area contributed by atoms with Crippen molar-refractivity contribution in [3.05, 3.63) is 36.4 Å². The average Bonchev–Trinajstić information content (AvgIpc) is 2.34. The molecule has 7 nitrogen and oxygen atoms in total. The molecule has 0 spiro atoms. The number of rotatable bonds is 4. The van der Waals surface area contributed by atoms with Gasteiger partial charge in [0.15, 0.2) is 0 Å². The van der Waals surface area contributed by atoms with Crippen LogP contribution in [0.4, 0.5) is 5.69 Å². The maximum Gasteiger partial charge on any atom is 0.435 e. The summed E-state index contributed by atoms with van der Waals surface area (Å²) < 4.78 is 59.1. The Morgan fingerprint density at radius 1 is 1.00 bits per heavy atom. The zero-order valence-corrected chi connectivity index (χ0v) is 12.7. The zero-order chi connectivity index (χ0) is 15.8. The summed E-state index contributed by atoms with van der Waals surface area (Å²) in [7, 11) is -6.24. The molecule has 2 aromatic rings. The second-order valence-electron chi connectivity index (χ2n) is 4.42. The second kappa shape index (κ2) is 5.41. The van der Waals surface area contributed by atoms with Gasteiger partial charge < -0.3 is 4.90 Å². The minimum Gasteiger partial charge on any atom is -0.377 e. The maximum absolute atomic E-state index is 11.9. The van der Waals surface area contributed by atoms with E-state index >= 15 is 0 Å². The fourth-order valence-corrected chi connectivity index (χ4v) is 3.78. The highest BCUT2D eigenvalue weighted by Gasteiger charge is 2.36. The van der Waals surface area contributed by atoms with Gasteiger partial charge in [-0.15, -0.1) is 0 Å². The van der Waals surface area contributed by atoms with Crippen molar-refractivity contribution in [2.45, 2.75) is 4.90 Å². The first kappa shape index (κ1) is 16.0. The van der Waals surface area contributed by atoms with E-state index in [9.17, 15) is 22.4 Å². The summed E-state index contributed by atoms with van der Waals surface area (Å²) in [5, 5.41) is 0.856. The van der Waals surface area contributed by atoms with Crippen molar-refractivity contribution in [2.24, 2.45) is 0 Å². The van der Waals surface area contributed by atoms with Crippen LogP contribution >= 0.6 is 0 Å². The third-order valence-electron chi connectivity index (χ3n) is 2.77. The minimum atomic E-state index is -5.09. The number of anilines is 1. The number of hydrogen-bond donors (Lipinski definition) is 0. The predicted molar refractivity (Wildman–Crippen MR) is 66.5 cm³/mol. The summed E-state index contributed by atoms with van der Waals surface area (Å²) in [5.74, 6) is 0. The number of hydrogen-bond acceptors (Lipinski definition) is 7. The Balaban J connectivity index is 2.69. The third kappa shape index (κ3) is 3.43. The third-order valence-corrected chi connectivity index (χ3v) is 4.95. The molecular formula is C12H12ClNO6S. The molecule has 9 heteroatoms. The van der Waals surface area contributed by atoms with Crippen molar-refractivity contribution in [1.82, 2.24) is 0 Å². The molecule has 0 radical (unpaired) electrons. The van der Waals surface area contributed by atoms with Crippen LogP contribution in [-0.4, -0.2) is 22.5 Å². The number of benzene rings is 2. The highest BCUT2D eigenvalue weighted by atomic mass is 35.7. The fraction of sp³-hybridized carbons (Fsp3) is 0.167. The van der Waals surface area contributed by atoms with E-state index in [4.69, 9.17) is 0 Å². The van der Waals surface area contributed by atoms with Crippen LogP contribution < -0.4 is 18.9 Å². The molecule has 0 aromatic heterocycles. The quantitative estimate of drug-likeness (QED) is 0.669. The SMILES string of the molecule is CN(C)c1cccc2c(S(=O)(=O)O[Cl+3]([O-])([O-])[O-])cccc12. The Labute approximate surface area is 123 Å². The molecule has 0 aliphatic heterocycles. The maximum atomic E-state index is 11.9. The number of nitrogens with zero attached hydrogens (tertiary/aromatic N) is 1. The van der Waals surface area contributed by atoms with Gasteiger partial charge in [-0.25, -0.2) is 0 Å². The van der Waals surface area contributed by atoms with Gasteiger partial charge in [0.2, 0.25) is 3.74 Å². The fourth-order valence-electron chi connectivity index (χ4n) is 2.01. The Morgan fingerprint density at radius 3 is 2.14 bits per heavy atom. The van der Waals surface area contributed by atoms with Crippen LogP contribution in [0.3, 0.4) is 0 Å². The van der Waals surface area contributed by atoms with Gasteiger partial charge in [0.25, 0.3) is 0 Å².